The van der Waals surface area contributed by atoms with Crippen molar-refractivity contribution in [3.63, 3.8) is 0 Å². The van der Waals surface area contributed by atoms with Gasteiger partial charge in [-0.1, -0.05) is 0 Å². The van der Waals surface area contributed by atoms with Crippen LogP contribution in [-0.2, 0) is 6.42 Å². The second-order valence-electron chi connectivity index (χ2n) is 3.09. The van der Waals surface area contributed by atoms with Gasteiger partial charge in [-0.3, -0.25) is 0 Å². The second-order valence-corrected chi connectivity index (χ2v) is 4.01. The van der Waals surface area contributed by atoms with E-state index in [1.165, 1.54) is 0 Å². The molecule has 0 spiro atoms. The number of rotatable bonds is 4. The van der Waals surface area contributed by atoms with Crippen molar-refractivity contribution in [2.45, 2.75) is 13.3 Å². The van der Waals surface area contributed by atoms with Crippen molar-refractivity contribution in [2.24, 2.45) is 0 Å². The summed E-state index contributed by atoms with van der Waals surface area (Å²) in [5.41, 5.74) is 2.79. The van der Waals surface area contributed by atoms with Crippen LogP contribution in [0.1, 0.15) is 10.6 Å². The van der Waals surface area contributed by atoms with Crippen molar-refractivity contribution >= 4 is 17.3 Å². The molecule has 0 saturated carbocycles. The van der Waals surface area contributed by atoms with Crippen LogP contribution in [0.15, 0.2) is 17.9 Å². The second kappa shape index (κ2) is 4.79. The molecule has 0 radical (unpaired) electrons. The molecule has 6 heteroatoms. The van der Waals surface area contributed by atoms with Crippen LogP contribution < -0.4 is 5.32 Å². The summed E-state index contributed by atoms with van der Waals surface area (Å²) in [7, 11) is 0. The van der Waals surface area contributed by atoms with Gasteiger partial charge < -0.3 is 5.32 Å². The summed E-state index contributed by atoms with van der Waals surface area (Å²) in [4.78, 5) is 8.28. The Hall–Kier alpha value is -1.56. The minimum atomic E-state index is 0.658. The SMILES string of the molecule is Cc1cnc(NCCc2nncs2)nc1. The first-order chi connectivity index (χ1) is 7.34. The van der Waals surface area contributed by atoms with Crippen LogP contribution in [0.4, 0.5) is 5.95 Å². The normalized spacial score (nSPS) is 10.2. The fourth-order valence-electron chi connectivity index (χ4n) is 1.07. The molecule has 0 aliphatic rings. The molecule has 2 aromatic heterocycles. The molecule has 2 aromatic rings. The number of nitrogens with one attached hydrogen (secondary N) is 1. The molecule has 0 saturated heterocycles. The first kappa shape index (κ1) is 9.97. The Bertz CT molecular complexity index is 397. The van der Waals surface area contributed by atoms with Crippen LogP contribution in [0.3, 0.4) is 0 Å². The van der Waals surface area contributed by atoms with Gasteiger partial charge in [-0.05, 0) is 12.5 Å². The first-order valence-corrected chi connectivity index (χ1v) is 5.50. The molecule has 0 atom stereocenters. The van der Waals surface area contributed by atoms with Crippen molar-refractivity contribution in [2.75, 3.05) is 11.9 Å². The summed E-state index contributed by atoms with van der Waals surface area (Å²) in [5, 5.41) is 11.9. The van der Waals surface area contributed by atoms with Gasteiger partial charge in [0.25, 0.3) is 0 Å². The van der Waals surface area contributed by atoms with Crippen molar-refractivity contribution in [3.05, 3.63) is 28.5 Å². The van der Waals surface area contributed by atoms with Crippen molar-refractivity contribution in [1.29, 1.82) is 0 Å². The van der Waals surface area contributed by atoms with Crippen LogP contribution in [0.5, 0.6) is 0 Å². The lowest BCUT2D eigenvalue weighted by Crippen LogP contribution is -2.07. The summed E-state index contributed by atoms with van der Waals surface area (Å²) in [6.07, 6.45) is 4.43. The number of anilines is 1. The molecule has 0 bridgehead atoms. The molecule has 2 rings (SSSR count). The van der Waals surface area contributed by atoms with E-state index in [2.05, 4.69) is 25.5 Å². The largest absolute Gasteiger partial charge is 0.354 e. The van der Waals surface area contributed by atoms with E-state index < -0.39 is 0 Å². The molecular weight excluding hydrogens is 210 g/mol. The number of nitrogens with zero attached hydrogens (tertiary/aromatic N) is 4. The summed E-state index contributed by atoms with van der Waals surface area (Å²) < 4.78 is 0. The lowest BCUT2D eigenvalue weighted by Gasteiger charge is -2.02. The van der Waals surface area contributed by atoms with Gasteiger partial charge in [0, 0.05) is 25.4 Å². The molecular formula is C9H11N5S. The van der Waals surface area contributed by atoms with E-state index in [-0.39, 0.29) is 0 Å². The Balaban J connectivity index is 1.81. The number of aromatic nitrogens is 4. The Kier molecular flexibility index (Phi) is 3.18. The van der Waals surface area contributed by atoms with E-state index in [1.54, 1.807) is 29.2 Å². The Morgan fingerprint density at radius 3 is 2.80 bits per heavy atom. The van der Waals surface area contributed by atoms with Gasteiger partial charge >= 0.3 is 0 Å². The van der Waals surface area contributed by atoms with Crippen LogP contribution >= 0.6 is 11.3 Å². The highest BCUT2D eigenvalue weighted by Gasteiger charge is 1.98. The quantitative estimate of drug-likeness (QED) is 0.842. The third-order valence-electron chi connectivity index (χ3n) is 1.81. The zero-order valence-electron chi connectivity index (χ0n) is 8.34. The van der Waals surface area contributed by atoms with E-state index in [0.29, 0.717) is 5.95 Å². The summed E-state index contributed by atoms with van der Waals surface area (Å²) in [5.74, 6) is 0.658. The number of hydrogen-bond acceptors (Lipinski definition) is 6. The predicted octanol–water partition coefficient (Wildman–Crippen LogP) is 1.29. The smallest absolute Gasteiger partial charge is 0.222 e. The summed E-state index contributed by atoms with van der Waals surface area (Å²) in [6.45, 7) is 2.74. The first-order valence-electron chi connectivity index (χ1n) is 4.62. The van der Waals surface area contributed by atoms with Gasteiger partial charge in [-0.2, -0.15) is 0 Å². The number of hydrogen-bond donors (Lipinski definition) is 1. The molecule has 0 aliphatic carbocycles. The summed E-state index contributed by atoms with van der Waals surface area (Å²) in [6, 6.07) is 0. The molecule has 15 heavy (non-hydrogen) atoms. The zero-order chi connectivity index (χ0) is 10.5. The molecule has 5 nitrogen and oxygen atoms in total. The standard InChI is InChI=1S/C9H11N5S/c1-7-4-11-9(12-5-7)10-3-2-8-14-13-6-15-8/h4-6H,2-3H2,1H3,(H,10,11,12). The van der Waals surface area contributed by atoms with Crippen LogP contribution in [-0.4, -0.2) is 26.7 Å². The van der Waals surface area contributed by atoms with E-state index >= 15 is 0 Å². The van der Waals surface area contributed by atoms with E-state index in [4.69, 9.17) is 0 Å². The topological polar surface area (TPSA) is 63.6 Å². The highest BCUT2D eigenvalue weighted by atomic mass is 32.1. The molecule has 2 heterocycles. The minimum Gasteiger partial charge on any atom is -0.354 e. The Morgan fingerprint density at radius 1 is 1.33 bits per heavy atom. The molecule has 1 N–H and O–H groups in total. The van der Waals surface area contributed by atoms with E-state index in [1.807, 2.05) is 6.92 Å². The molecule has 78 valence electrons. The number of aryl methyl sites for hydroxylation is 1. The van der Waals surface area contributed by atoms with Gasteiger partial charge in [-0.15, -0.1) is 21.5 Å². The average molecular weight is 221 g/mol. The van der Waals surface area contributed by atoms with Gasteiger partial charge in [0.05, 0.1) is 0 Å². The molecule has 0 fully saturated rings. The average Bonchev–Trinajstić information content (AvgIpc) is 2.74. The van der Waals surface area contributed by atoms with Crippen molar-refractivity contribution < 1.29 is 0 Å². The highest BCUT2D eigenvalue weighted by Crippen LogP contribution is 2.03. The lowest BCUT2D eigenvalue weighted by atomic mass is 10.4. The third-order valence-corrected chi connectivity index (χ3v) is 2.57. The zero-order valence-corrected chi connectivity index (χ0v) is 9.16. The van der Waals surface area contributed by atoms with Crippen molar-refractivity contribution in [3.8, 4) is 0 Å². The van der Waals surface area contributed by atoms with Crippen LogP contribution in [0, 0.1) is 6.92 Å². The monoisotopic (exact) mass is 221 g/mol. The predicted molar refractivity (Wildman–Crippen MR) is 58.9 cm³/mol. The van der Waals surface area contributed by atoms with Crippen molar-refractivity contribution in [1.82, 2.24) is 20.2 Å². The fourth-order valence-corrected chi connectivity index (χ4v) is 1.60. The summed E-state index contributed by atoms with van der Waals surface area (Å²) >= 11 is 1.56. The Morgan fingerprint density at radius 2 is 2.13 bits per heavy atom. The molecule has 0 unspecified atom stereocenters. The molecule has 0 amide bonds. The van der Waals surface area contributed by atoms with E-state index in [9.17, 15) is 0 Å². The maximum Gasteiger partial charge on any atom is 0.222 e. The van der Waals surface area contributed by atoms with Crippen LogP contribution in [0.2, 0.25) is 0 Å². The van der Waals surface area contributed by atoms with Gasteiger partial charge in [0.2, 0.25) is 5.95 Å². The fraction of sp³-hybridized carbons (Fsp3) is 0.333. The van der Waals surface area contributed by atoms with Gasteiger partial charge in [0.15, 0.2) is 0 Å². The molecule has 0 aliphatic heterocycles. The lowest BCUT2D eigenvalue weighted by molar-refractivity contribution is 0.926. The van der Waals surface area contributed by atoms with Gasteiger partial charge in [-0.25, -0.2) is 9.97 Å². The third kappa shape index (κ3) is 2.95. The minimum absolute atomic E-state index is 0.658. The maximum absolute atomic E-state index is 4.14. The van der Waals surface area contributed by atoms with Gasteiger partial charge in [0.1, 0.15) is 10.5 Å². The maximum atomic E-state index is 4.14. The molecule has 0 aromatic carbocycles. The highest BCUT2D eigenvalue weighted by molar-refractivity contribution is 7.09. The Labute approximate surface area is 91.6 Å². The van der Waals surface area contributed by atoms with E-state index in [0.717, 1.165) is 23.5 Å². The van der Waals surface area contributed by atoms with Crippen LogP contribution in [0.25, 0.3) is 0 Å².